The van der Waals surface area contributed by atoms with Crippen molar-refractivity contribution in [3.8, 4) is 0 Å². The third-order valence-electron chi connectivity index (χ3n) is 2.38. The van der Waals surface area contributed by atoms with E-state index >= 15 is 0 Å². The molecule has 0 atom stereocenters. The van der Waals surface area contributed by atoms with Gasteiger partial charge in [0.2, 0.25) is 0 Å². The summed E-state index contributed by atoms with van der Waals surface area (Å²) in [6.45, 7) is 0. The molecule has 17 heavy (non-hydrogen) atoms. The van der Waals surface area contributed by atoms with Crippen LogP contribution in [-0.4, -0.2) is 5.78 Å². The first kappa shape index (κ1) is 11.8. The van der Waals surface area contributed by atoms with Gasteiger partial charge in [-0.1, -0.05) is 34.1 Å². The minimum atomic E-state index is -0.578. The summed E-state index contributed by atoms with van der Waals surface area (Å²) < 4.78 is 14.0. The van der Waals surface area contributed by atoms with Crippen molar-refractivity contribution in [2.75, 3.05) is 5.73 Å². The van der Waals surface area contributed by atoms with Crippen molar-refractivity contribution in [2.24, 2.45) is 0 Å². The highest BCUT2D eigenvalue weighted by molar-refractivity contribution is 9.10. The van der Waals surface area contributed by atoms with Gasteiger partial charge in [0.05, 0.1) is 5.69 Å². The van der Waals surface area contributed by atoms with Crippen LogP contribution in [0.25, 0.3) is 0 Å². The van der Waals surface area contributed by atoms with Gasteiger partial charge in [-0.3, -0.25) is 4.79 Å². The molecule has 0 aliphatic carbocycles. The van der Waals surface area contributed by atoms with Crippen molar-refractivity contribution in [1.29, 1.82) is 0 Å². The molecule has 2 aromatic rings. The van der Waals surface area contributed by atoms with Gasteiger partial charge < -0.3 is 5.73 Å². The Bertz CT molecular complexity index is 583. The minimum Gasteiger partial charge on any atom is -0.396 e. The number of para-hydroxylation sites is 1. The minimum absolute atomic E-state index is 0.113. The van der Waals surface area contributed by atoms with Gasteiger partial charge in [-0.25, -0.2) is 4.39 Å². The fourth-order valence-electron chi connectivity index (χ4n) is 1.52. The number of nitrogens with two attached hydrogens (primary N) is 1. The first-order valence-corrected chi connectivity index (χ1v) is 5.73. The molecule has 86 valence electrons. The lowest BCUT2D eigenvalue weighted by molar-refractivity contribution is 0.103. The SMILES string of the molecule is Nc1c(F)cccc1C(=O)c1cccc(Br)c1. The van der Waals surface area contributed by atoms with Gasteiger partial charge >= 0.3 is 0 Å². The van der Waals surface area contributed by atoms with Crippen molar-refractivity contribution >= 4 is 27.4 Å². The molecular formula is C13H9BrFNO. The van der Waals surface area contributed by atoms with Crippen molar-refractivity contribution in [3.63, 3.8) is 0 Å². The Morgan fingerprint density at radius 2 is 1.88 bits per heavy atom. The maximum absolute atomic E-state index is 13.2. The Morgan fingerprint density at radius 1 is 1.18 bits per heavy atom. The highest BCUT2D eigenvalue weighted by atomic mass is 79.9. The molecule has 0 amide bonds. The molecule has 0 aromatic heterocycles. The summed E-state index contributed by atoms with van der Waals surface area (Å²) in [5.74, 6) is -0.867. The van der Waals surface area contributed by atoms with Crippen LogP contribution in [0.15, 0.2) is 46.9 Å². The fourth-order valence-corrected chi connectivity index (χ4v) is 1.92. The quantitative estimate of drug-likeness (QED) is 0.681. The van der Waals surface area contributed by atoms with Crippen molar-refractivity contribution in [2.45, 2.75) is 0 Å². The average molecular weight is 294 g/mol. The Balaban J connectivity index is 2.48. The molecule has 0 saturated carbocycles. The predicted octanol–water partition coefficient (Wildman–Crippen LogP) is 3.40. The summed E-state index contributed by atoms with van der Waals surface area (Å²) in [7, 11) is 0. The zero-order chi connectivity index (χ0) is 12.4. The van der Waals surface area contributed by atoms with Crippen LogP contribution in [0.2, 0.25) is 0 Å². The number of nitrogen functional groups attached to an aromatic ring is 1. The number of benzene rings is 2. The monoisotopic (exact) mass is 293 g/mol. The van der Waals surface area contributed by atoms with E-state index in [0.717, 1.165) is 4.47 Å². The van der Waals surface area contributed by atoms with Crippen LogP contribution < -0.4 is 5.73 Å². The summed E-state index contributed by atoms with van der Waals surface area (Å²) in [6.07, 6.45) is 0. The largest absolute Gasteiger partial charge is 0.396 e. The van der Waals surface area contributed by atoms with Gasteiger partial charge in [0.15, 0.2) is 5.78 Å². The van der Waals surface area contributed by atoms with E-state index < -0.39 is 5.82 Å². The Morgan fingerprint density at radius 3 is 2.59 bits per heavy atom. The molecule has 0 saturated heterocycles. The smallest absolute Gasteiger partial charge is 0.195 e. The number of ketones is 1. The normalized spacial score (nSPS) is 10.2. The molecule has 2 rings (SSSR count). The molecular weight excluding hydrogens is 285 g/mol. The van der Waals surface area contributed by atoms with E-state index in [1.165, 1.54) is 18.2 Å². The summed E-state index contributed by atoms with van der Waals surface area (Å²) in [5.41, 5.74) is 6.09. The number of anilines is 1. The van der Waals surface area contributed by atoms with Gasteiger partial charge in [-0.15, -0.1) is 0 Å². The van der Waals surface area contributed by atoms with Gasteiger partial charge in [-0.2, -0.15) is 0 Å². The van der Waals surface area contributed by atoms with Crippen molar-refractivity contribution in [1.82, 2.24) is 0 Å². The second kappa shape index (κ2) is 4.67. The van der Waals surface area contributed by atoms with Crippen LogP contribution in [-0.2, 0) is 0 Å². The third-order valence-corrected chi connectivity index (χ3v) is 2.88. The summed E-state index contributed by atoms with van der Waals surface area (Å²) >= 11 is 3.28. The van der Waals surface area contributed by atoms with Crippen LogP contribution in [0.1, 0.15) is 15.9 Å². The van der Waals surface area contributed by atoms with Gasteiger partial charge in [0.1, 0.15) is 5.82 Å². The van der Waals surface area contributed by atoms with E-state index in [-0.39, 0.29) is 17.0 Å². The number of carbonyl (C=O) groups is 1. The Labute approximate surface area is 106 Å². The summed E-state index contributed by atoms with van der Waals surface area (Å²) in [6, 6.07) is 11.1. The van der Waals surface area contributed by atoms with Gasteiger partial charge in [0.25, 0.3) is 0 Å². The topological polar surface area (TPSA) is 43.1 Å². The zero-order valence-electron chi connectivity index (χ0n) is 8.78. The first-order chi connectivity index (χ1) is 8.09. The van der Waals surface area contributed by atoms with Crippen molar-refractivity contribution < 1.29 is 9.18 Å². The standard InChI is InChI=1S/C13H9BrFNO/c14-9-4-1-3-8(7-9)13(17)10-5-2-6-11(15)12(10)16/h1-7H,16H2. The van der Waals surface area contributed by atoms with E-state index in [1.54, 1.807) is 18.2 Å². The Hall–Kier alpha value is -1.68. The van der Waals surface area contributed by atoms with Crippen LogP contribution in [0.4, 0.5) is 10.1 Å². The molecule has 0 radical (unpaired) electrons. The molecule has 0 unspecified atom stereocenters. The maximum atomic E-state index is 13.2. The van der Waals surface area contributed by atoms with Gasteiger partial charge in [0, 0.05) is 15.6 Å². The number of hydrogen-bond donors (Lipinski definition) is 1. The second-order valence-corrected chi connectivity index (χ2v) is 4.46. The molecule has 0 aliphatic heterocycles. The second-order valence-electron chi connectivity index (χ2n) is 3.54. The van der Waals surface area contributed by atoms with Crippen LogP contribution in [0, 0.1) is 5.82 Å². The lowest BCUT2D eigenvalue weighted by atomic mass is 10.0. The number of halogens is 2. The summed E-state index contributed by atoms with van der Waals surface area (Å²) in [4.78, 5) is 12.1. The highest BCUT2D eigenvalue weighted by Crippen LogP contribution is 2.21. The van der Waals surface area contributed by atoms with Crippen LogP contribution in [0.3, 0.4) is 0 Å². The Kier molecular flexibility index (Phi) is 3.24. The van der Waals surface area contributed by atoms with E-state index in [2.05, 4.69) is 15.9 Å². The molecule has 2 aromatic carbocycles. The number of hydrogen-bond acceptors (Lipinski definition) is 2. The highest BCUT2D eigenvalue weighted by Gasteiger charge is 2.14. The molecule has 2 nitrogen and oxygen atoms in total. The molecule has 0 spiro atoms. The van der Waals surface area contributed by atoms with E-state index in [9.17, 15) is 9.18 Å². The lowest BCUT2D eigenvalue weighted by Gasteiger charge is -2.05. The molecule has 2 N–H and O–H groups in total. The molecule has 0 aliphatic rings. The fraction of sp³-hybridized carbons (Fsp3) is 0. The zero-order valence-corrected chi connectivity index (χ0v) is 10.4. The van der Waals surface area contributed by atoms with Crippen LogP contribution in [0.5, 0.6) is 0 Å². The molecule has 0 bridgehead atoms. The van der Waals surface area contributed by atoms with E-state index in [1.807, 2.05) is 6.07 Å². The summed E-state index contributed by atoms with van der Waals surface area (Å²) in [5, 5.41) is 0. The van der Waals surface area contributed by atoms with E-state index in [4.69, 9.17) is 5.73 Å². The lowest BCUT2D eigenvalue weighted by Crippen LogP contribution is -2.06. The third kappa shape index (κ3) is 2.36. The maximum Gasteiger partial charge on any atom is 0.195 e. The first-order valence-electron chi connectivity index (χ1n) is 4.94. The number of rotatable bonds is 2. The predicted molar refractivity (Wildman–Crippen MR) is 68.4 cm³/mol. The molecule has 4 heteroatoms. The molecule has 0 heterocycles. The number of carbonyl (C=O) groups excluding carboxylic acids is 1. The van der Waals surface area contributed by atoms with Crippen molar-refractivity contribution in [3.05, 3.63) is 63.9 Å². The van der Waals surface area contributed by atoms with Crippen LogP contribution >= 0.6 is 15.9 Å². The van der Waals surface area contributed by atoms with Gasteiger partial charge in [-0.05, 0) is 24.3 Å². The average Bonchev–Trinajstić information content (AvgIpc) is 2.32. The molecule has 0 fully saturated rings. The van der Waals surface area contributed by atoms with E-state index in [0.29, 0.717) is 5.56 Å².